The van der Waals surface area contributed by atoms with Crippen LogP contribution in [0, 0.1) is 5.92 Å². The maximum absolute atomic E-state index is 12.6. The highest BCUT2D eigenvalue weighted by Crippen LogP contribution is 2.48. The molecule has 0 amide bonds. The Morgan fingerprint density at radius 3 is 1.82 bits per heavy atom. The van der Waals surface area contributed by atoms with Crippen LogP contribution in [-0.2, 0) is 37.5 Å². The number of unbranched alkanes of at least 4 members (excludes halogenated alkanes) is 12. The van der Waals surface area contributed by atoms with Gasteiger partial charge in [-0.2, -0.15) is 0 Å². The standard InChI is InChI=1S/C30H55O13P/c1-3-4-5-6-7-8-9-10-11-12-13-14-15-17-24(32)40-20-23(42-25(33)18-16-19-31)21-41-44(38,39)43-30-22(2)26(34)27(35)28(36)29(30)37/h19,22-23,26-30,34-37H,3-18,20-21H2,1-2H3,(H,38,39)/t22?,23-,26?,27?,28-,29?,30+/m1/s1. The third-order valence-electron chi connectivity index (χ3n) is 7.80. The molecular weight excluding hydrogens is 599 g/mol. The summed E-state index contributed by atoms with van der Waals surface area (Å²) in [5, 5.41) is 39.9. The zero-order valence-corrected chi connectivity index (χ0v) is 27.2. The van der Waals surface area contributed by atoms with E-state index in [4.69, 9.17) is 18.5 Å². The minimum atomic E-state index is -4.97. The SMILES string of the molecule is CCCCCCCCCCCCCCCC(=O)OC[C@H](COP(=O)(O)O[C@H]1C(C)C(O)C(O)[C@@H](O)C1O)OC(=O)CCC=O. The van der Waals surface area contributed by atoms with Gasteiger partial charge in [0, 0.05) is 18.8 Å². The van der Waals surface area contributed by atoms with E-state index in [0.717, 1.165) is 19.3 Å². The first-order valence-electron chi connectivity index (χ1n) is 16.1. The predicted molar refractivity (Wildman–Crippen MR) is 160 cm³/mol. The van der Waals surface area contributed by atoms with Crippen LogP contribution in [0.4, 0.5) is 0 Å². The number of rotatable bonds is 25. The third kappa shape index (κ3) is 16.7. The smallest absolute Gasteiger partial charge is 0.462 e. The average Bonchev–Trinajstić information content (AvgIpc) is 2.99. The predicted octanol–water partition coefficient (Wildman–Crippen LogP) is 3.50. The molecule has 0 spiro atoms. The average molecular weight is 655 g/mol. The quantitative estimate of drug-likeness (QED) is 0.0414. The summed E-state index contributed by atoms with van der Waals surface area (Å²) < 4.78 is 32.8. The summed E-state index contributed by atoms with van der Waals surface area (Å²) in [7, 11) is -4.97. The first kappa shape index (κ1) is 40.6. The van der Waals surface area contributed by atoms with Crippen molar-refractivity contribution in [1.29, 1.82) is 0 Å². The van der Waals surface area contributed by atoms with E-state index >= 15 is 0 Å². The number of carbonyl (C=O) groups is 3. The first-order chi connectivity index (χ1) is 20.9. The van der Waals surface area contributed by atoms with Crippen molar-refractivity contribution >= 4 is 26.0 Å². The molecule has 1 saturated carbocycles. The van der Waals surface area contributed by atoms with Crippen LogP contribution in [0.5, 0.6) is 0 Å². The van der Waals surface area contributed by atoms with Crippen LogP contribution in [0.3, 0.4) is 0 Å². The lowest BCUT2D eigenvalue weighted by Crippen LogP contribution is -2.60. The Morgan fingerprint density at radius 2 is 1.27 bits per heavy atom. The number of phosphoric acid groups is 1. The summed E-state index contributed by atoms with van der Waals surface area (Å²) in [6.07, 6.45) is 5.66. The maximum atomic E-state index is 12.6. The van der Waals surface area contributed by atoms with Crippen molar-refractivity contribution in [1.82, 2.24) is 0 Å². The monoisotopic (exact) mass is 654 g/mol. The molecule has 8 atom stereocenters. The second kappa shape index (κ2) is 23.0. The fourth-order valence-corrected chi connectivity index (χ4v) is 6.06. The molecule has 258 valence electrons. The van der Waals surface area contributed by atoms with E-state index in [9.17, 15) is 44.3 Å². The van der Waals surface area contributed by atoms with Gasteiger partial charge in [0.15, 0.2) is 6.10 Å². The lowest BCUT2D eigenvalue weighted by molar-refractivity contribution is -0.197. The van der Waals surface area contributed by atoms with Gasteiger partial charge < -0.3 is 39.6 Å². The molecule has 1 fully saturated rings. The van der Waals surface area contributed by atoms with Gasteiger partial charge in [-0.15, -0.1) is 0 Å². The van der Waals surface area contributed by atoms with Gasteiger partial charge in [-0.3, -0.25) is 18.6 Å². The highest BCUT2D eigenvalue weighted by molar-refractivity contribution is 7.47. The molecule has 0 aromatic carbocycles. The Bertz CT molecular complexity index is 841. The molecule has 0 aromatic heterocycles. The van der Waals surface area contributed by atoms with E-state index in [1.165, 1.54) is 64.7 Å². The molecule has 0 bridgehead atoms. The highest BCUT2D eigenvalue weighted by atomic mass is 31.2. The van der Waals surface area contributed by atoms with Crippen molar-refractivity contribution in [3.63, 3.8) is 0 Å². The van der Waals surface area contributed by atoms with E-state index in [0.29, 0.717) is 12.7 Å². The van der Waals surface area contributed by atoms with Gasteiger partial charge in [0.1, 0.15) is 37.3 Å². The minimum Gasteiger partial charge on any atom is -0.462 e. The zero-order valence-electron chi connectivity index (χ0n) is 26.3. The summed E-state index contributed by atoms with van der Waals surface area (Å²) in [5.74, 6) is -2.41. The number of aliphatic hydroxyl groups excluding tert-OH is 4. The fourth-order valence-electron chi connectivity index (χ4n) is 5.02. The van der Waals surface area contributed by atoms with Crippen molar-refractivity contribution in [2.24, 2.45) is 5.92 Å². The van der Waals surface area contributed by atoms with Crippen molar-refractivity contribution in [2.75, 3.05) is 13.2 Å². The van der Waals surface area contributed by atoms with E-state index in [2.05, 4.69) is 6.92 Å². The van der Waals surface area contributed by atoms with Crippen LogP contribution in [0.2, 0.25) is 0 Å². The first-order valence-corrected chi connectivity index (χ1v) is 17.6. The molecule has 0 saturated heterocycles. The number of carbonyl (C=O) groups excluding carboxylic acids is 3. The van der Waals surface area contributed by atoms with Gasteiger partial charge >= 0.3 is 19.8 Å². The molecule has 1 aliphatic rings. The lowest BCUT2D eigenvalue weighted by atomic mass is 9.80. The number of esters is 2. The van der Waals surface area contributed by atoms with E-state index in [-0.39, 0.29) is 19.3 Å². The van der Waals surface area contributed by atoms with Gasteiger partial charge in [-0.25, -0.2) is 4.57 Å². The normalized spacial score (nSPS) is 25.6. The maximum Gasteiger partial charge on any atom is 0.472 e. The van der Waals surface area contributed by atoms with Crippen molar-refractivity contribution in [3.8, 4) is 0 Å². The van der Waals surface area contributed by atoms with Gasteiger partial charge in [0.05, 0.1) is 19.1 Å². The molecule has 44 heavy (non-hydrogen) atoms. The number of hydrogen-bond acceptors (Lipinski definition) is 12. The van der Waals surface area contributed by atoms with Crippen molar-refractivity contribution < 1.29 is 62.8 Å². The van der Waals surface area contributed by atoms with Crippen molar-refractivity contribution in [2.45, 2.75) is 153 Å². The summed E-state index contributed by atoms with van der Waals surface area (Å²) in [4.78, 5) is 45.1. The van der Waals surface area contributed by atoms with Crippen LogP contribution in [-0.4, -0.2) is 93.4 Å². The van der Waals surface area contributed by atoms with E-state index < -0.39 is 75.5 Å². The topological polar surface area (TPSA) is 206 Å². The molecule has 1 aliphatic carbocycles. The van der Waals surface area contributed by atoms with Gasteiger partial charge in [-0.05, 0) is 6.42 Å². The molecule has 0 heterocycles. The molecule has 5 unspecified atom stereocenters. The number of aldehydes is 1. The fraction of sp³-hybridized carbons (Fsp3) is 0.900. The summed E-state index contributed by atoms with van der Waals surface area (Å²) in [6, 6.07) is 0. The zero-order chi connectivity index (χ0) is 33.0. The molecule has 0 aromatic rings. The van der Waals surface area contributed by atoms with Crippen LogP contribution >= 0.6 is 7.82 Å². The van der Waals surface area contributed by atoms with Crippen LogP contribution in [0.25, 0.3) is 0 Å². The lowest BCUT2D eigenvalue weighted by Gasteiger charge is -2.42. The second-order valence-electron chi connectivity index (χ2n) is 11.6. The molecule has 0 radical (unpaired) electrons. The largest absolute Gasteiger partial charge is 0.472 e. The molecule has 5 N–H and O–H groups in total. The van der Waals surface area contributed by atoms with E-state index in [1.807, 2.05) is 0 Å². The summed E-state index contributed by atoms with van der Waals surface area (Å²) in [6.45, 7) is 2.34. The van der Waals surface area contributed by atoms with Crippen molar-refractivity contribution in [3.05, 3.63) is 0 Å². The van der Waals surface area contributed by atoms with Gasteiger partial charge in [0.2, 0.25) is 0 Å². The van der Waals surface area contributed by atoms with Gasteiger partial charge in [-0.1, -0.05) is 90.9 Å². The summed E-state index contributed by atoms with van der Waals surface area (Å²) >= 11 is 0. The third-order valence-corrected chi connectivity index (χ3v) is 8.79. The highest BCUT2D eigenvalue weighted by Gasteiger charge is 2.50. The Hall–Kier alpha value is -1.44. The Kier molecular flexibility index (Phi) is 21.2. The Balaban J connectivity index is 2.44. The Morgan fingerprint density at radius 1 is 0.750 bits per heavy atom. The number of ether oxygens (including phenoxy) is 2. The summed E-state index contributed by atoms with van der Waals surface area (Å²) in [5.41, 5.74) is 0. The number of hydrogen-bond donors (Lipinski definition) is 5. The molecule has 0 aliphatic heterocycles. The van der Waals surface area contributed by atoms with Crippen LogP contribution in [0.1, 0.15) is 117 Å². The molecule has 1 rings (SSSR count). The van der Waals surface area contributed by atoms with Gasteiger partial charge in [0.25, 0.3) is 0 Å². The number of aliphatic hydroxyl groups is 4. The van der Waals surface area contributed by atoms with Crippen LogP contribution < -0.4 is 0 Å². The molecule has 14 heteroatoms. The molecular formula is C30H55O13P. The molecule has 13 nitrogen and oxygen atoms in total. The Labute approximate surface area is 261 Å². The minimum absolute atomic E-state index is 0.110. The van der Waals surface area contributed by atoms with Crippen LogP contribution in [0.15, 0.2) is 0 Å². The second-order valence-corrected chi connectivity index (χ2v) is 13.1. The number of phosphoric ester groups is 1. The van der Waals surface area contributed by atoms with E-state index in [1.54, 1.807) is 0 Å².